The van der Waals surface area contributed by atoms with Gasteiger partial charge in [0, 0.05) is 55.7 Å². The topological polar surface area (TPSA) is 116 Å². The summed E-state index contributed by atoms with van der Waals surface area (Å²) in [6.07, 6.45) is 6.71. The monoisotopic (exact) mass is 1030 g/mol. The van der Waals surface area contributed by atoms with Crippen molar-refractivity contribution in [3.8, 4) is 72.4 Å². The molecule has 13 rings (SSSR count). The van der Waals surface area contributed by atoms with Gasteiger partial charge < -0.3 is 24.6 Å². The van der Waals surface area contributed by atoms with E-state index in [-0.39, 0.29) is 17.1 Å². The van der Waals surface area contributed by atoms with Crippen LogP contribution in [0.2, 0.25) is 0 Å². The van der Waals surface area contributed by atoms with Crippen molar-refractivity contribution < 1.29 is 32.1 Å². The summed E-state index contributed by atoms with van der Waals surface area (Å²) < 4.78 is 2.51. The number of rotatable bonds is 8. The van der Waals surface area contributed by atoms with Crippen molar-refractivity contribution >= 4 is 53.2 Å². The number of H-pyrrole nitrogens is 1. The Labute approximate surface area is 457 Å². The second-order valence-corrected chi connectivity index (χ2v) is 18.4. The molecule has 3 aromatic heterocycles. The minimum Gasteiger partial charge on any atom is -0.907 e. The van der Waals surface area contributed by atoms with Crippen molar-refractivity contribution in [1.29, 1.82) is 0 Å². The van der Waals surface area contributed by atoms with Gasteiger partial charge in [-0.3, -0.25) is 7.32 Å². The molecule has 0 radical (unpaired) electrons. The number of aromatic amines is 1. The summed E-state index contributed by atoms with van der Waals surface area (Å²) in [5, 5.41) is 25.2. The van der Waals surface area contributed by atoms with Crippen molar-refractivity contribution in [2.24, 2.45) is 0 Å². The van der Waals surface area contributed by atoms with Gasteiger partial charge >= 0.3 is 17.1 Å². The van der Waals surface area contributed by atoms with E-state index < -0.39 is 7.32 Å². The first-order valence-electron chi connectivity index (χ1n) is 25.2. The molecule has 0 spiro atoms. The predicted molar refractivity (Wildman–Crippen MR) is 307 cm³/mol. The number of hydrogen-bond acceptors (Lipinski definition) is 5. The normalized spacial score (nSPS) is 11.5. The van der Waals surface area contributed by atoms with Crippen LogP contribution in [0.25, 0.3) is 118 Å². The van der Waals surface area contributed by atoms with E-state index in [9.17, 15) is 0 Å². The Kier molecular flexibility index (Phi) is 14.5. The van der Waals surface area contributed by atoms with Gasteiger partial charge in [0.05, 0.1) is 33.8 Å². The number of fused-ring (bicyclic) bond motifs is 8. The Hall–Kier alpha value is -9.18. The first-order chi connectivity index (χ1) is 37.5. The SMILES string of the molecule is C1=Cc2nc1c(-c1ccccc1)c1ccc([nH]1)c(-c1ccccc1)c1nc(c(-c3ccccc3)c3c(-c4ccccc4)c(-c4ccccc4)c(c2-c2ccccc2)n3-c2ccccc2)C(c2ccccc2)=C1.[Mn+3].[O-]B([O-])[O-]. The van der Waals surface area contributed by atoms with Crippen LogP contribution in [0.15, 0.2) is 255 Å². The maximum Gasteiger partial charge on any atom is 3.00 e. The number of aromatic nitrogens is 4. The Bertz CT molecular complexity index is 4100. The fraction of sp³-hybridized carbons (Fsp3) is 0. The van der Waals surface area contributed by atoms with Gasteiger partial charge in [-0.05, 0) is 81.4 Å². The molecule has 0 aliphatic carbocycles. The Morgan fingerprint density at radius 2 is 0.636 bits per heavy atom. The number of benzene rings is 8. The van der Waals surface area contributed by atoms with Crippen LogP contribution < -0.4 is 15.1 Å². The third-order valence-electron chi connectivity index (χ3n) is 13.8. The minimum atomic E-state index is -2.92. The van der Waals surface area contributed by atoms with Crippen LogP contribution in [0, 0.1) is 0 Å². The summed E-state index contributed by atoms with van der Waals surface area (Å²) in [7, 11) is -2.92. The predicted octanol–water partition coefficient (Wildman–Crippen LogP) is 13.6. The molecular formula is C68H46BMnN4O3. The molecular weight excluding hydrogens is 987 g/mol. The molecule has 0 amide bonds. The van der Waals surface area contributed by atoms with Crippen LogP contribution in [-0.4, -0.2) is 26.8 Å². The fourth-order valence-corrected chi connectivity index (χ4v) is 10.6. The molecule has 1 N–H and O–H groups in total. The van der Waals surface area contributed by atoms with Crippen molar-refractivity contribution in [2.75, 3.05) is 0 Å². The van der Waals surface area contributed by atoms with Crippen LogP contribution in [-0.2, 0) is 17.1 Å². The van der Waals surface area contributed by atoms with Crippen molar-refractivity contribution in [1.82, 2.24) is 19.5 Å². The Morgan fingerprint density at radius 1 is 0.325 bits per heavy atom. The van der Waals surface area contributed by atoms with Gasteiger partial charge in [-0.25, -0.2) is 9.97 Å². The van der Waals surface area contributed by atoms with Crippen molar-refractivity contribution in [3.63, 3.8) is 0 Å². The van der Waals surface area contributed by atoms with E-state index in [2.05, 4.69) is 283 Å². The molecule has 0 saturated heterocycles. The largest absolute Gasteiger partial charge is 3.00 e. The second kappa shape index (κ2) is 22.3. The van der Waals surface area contributed by atoms with Crippen LogP contribution in [0.3, 0.4) is 0 Å². The van der Waals surface area contributed by atoms with E-state index in [4.69, 9.17) is 25.0 Å². The summed E-state index contributed by atoms with van der Waals surface area (Å²) >= 11 is 0. The van der Waals surface area contributed by atoms with E-state index in [0.29, 0.717) is 0 Å². The zero-order valence-corrected chi connectivity index (χ0v) is 42.7. The van der Waals surface area contributed by atoms with E-state index in [1.54, 1.807) is 0 Å². The average Bonchev–Trinajstić information content (AvgIpc) is 4.33. The molecule has 77 heavy (non-hydrogen) atoms. The molecule has 366 valence electrons. The number of nitrogens with zero attached hydrogens (tertiary/aromatic N) is 3. The first-order valence-corrected chi connectivity index (χ1v) is 25.2. The molecule has 7 nitrogen and oxygen atoms in total. The third kappa shape index (κ3) is 9.85. The quantitative estimate of drug-likeness (QED) is 0.152. The van der Waals surface area contributed by atoms with Gasteiger partial charge in [0.2, 0.25) is 0 Å². The van der Waals surface area contributed by atoms with Crippen LogP contribution >= 0.6 is 0 Å². The Balaban J connectivity index is 0.00000122. The maximum absolute atomic E-state index is 8.42. The average molecular weight is 1030 g/mol. The fourth-order valence-electron chi connectivity index (χ4n) is 10.6. The molecule has 8 bridgehead atoms. The molecule has 2 aliphatic heterocycles. The summed E-state index contributed by atoms with van der Waals surface area (Å²) in [4.78, 5) is 15.7. The zero-order valence-electron chi connectivity index (χ0n) is 41.5. The van der Waals surface area contributed by atoms with Crippen molar-refractivity contribution in [3.05, 3.63) is 283 Å². The van der Waals surface area contributed by atoms with Gasteiger partial charge in [0.25, 0.3) is 0 Å². The van der Waals surface area contributed by atoms with E-state index in [1.807, 2.05) is 0 Å². The maximum atomic E-state index is 8.42. The van der Waals surface area contributed by atoms with Gasteiger partial charge in [-0.15, -0.1) is 0 Å². The van der Waals surface area contributed by atoms with Crippen LogP contribution in [0.1, 0.15) is 28.3 Å². The van der Waals surface area contributed by atoms with E-state index >= 15 is 0 Å². The summed E-state index contributed by atoms with van der Waals surface area (Å²) in [6, 6.07) is 90.8. The summed E-state index contributed by atoms with van der Waals surface area (Å²) in [5.74, 6) is 0. The van der Waals surface area contributed by atoms with Gasteiger partial charge in [-0.1, -0.05) is 231 Å². The van der Waals surface area contributed by atoms with Gasteiger partial charge in [0.15, 0.2) is 0 Å². The first kappa shape index (κ1) is 50.0. The Morgan fingerprint density at radius 3 is 1.05 bits per heavy atom. The number of nitrogens with one attached hydrogen (secondary N) is 1. The van der Waals surface area contributed by atoms with Gasteiger partial charge in [0.1, 0.15) is 0 Å². The third-order valence-corrected chi connectivity index (χ3v) is 13.8. The minimum absolute atomic E-state index is 0. The summed E-state index contributed by atoms with van der Waals surface area (Å²) in [6.45, 7) is 0. The zero-order chi connectivity index (χ0) is 51.4. The standard InChI is InChI=1S/C68H46N4.BO3.Mn/c1-9-25-46(26-10-1)54-45-59-61(48-29-13-3-14-30-48)57-42-41-55(69-57)60(47-27-11-2-12-28-47)56-43-44-58(70-56)62(49-31-15-4-16-32-49)67-63(50-33-17-5-18-34-50)64(51-35-19-6-20-36-51)68(72(67)53-39-23-8-24-40-53)65(66(54)71-59)52-37-21-7-22-38-52;2-1(3)4;/h1-45,69H;;/q;-3;+3. The molecule has 0 unspecified atom stereocenters. The van der Waals surface area contributed by atoms with E-state index in [1.165, 1.54) is 0 Å². The molecule has 0 atom stereocenters. The van der Waals surface area contributed by atoms with Gasteiger partial charge in [-0.2, -0.15) is 0 Å². The van der Waals surface area contributed by atoms with E-state index in [0.717, 1.165) is 128 Å². The molecule has 2 aliphatic rings. The molecule has 0 fully saturated rings. The number of para-hydroxylation sites is 1. The molecule has 5 heterocycles. The molecule has 11 aromatic rings. The smallest absolute Gasteiger partial charge is 0.907 e. The van der Waals surface area contributed by atoms with Crippen LogP contribution in [0.5, 0.6) is 0 Å². The molecule has 8 aromatic carbocycles. The summed E-state index contributed by atoms with van der Waals surface area (Å²) in [5.41, 5.74) is 23.1. The van der Waals surface area contributed by atoms with Crippen LogP contribution in [0.4, 0.5) is 0 Å². The van der Waals surface area contributed by atoms with Crippen molar-refractivity contribution in [2.45, 2.75) is 0 Å². The molecule has 9 heteroatoms. The number of hydrogen-bond donors (Lipinski definition) is 1. The second-order valence-electron chi connectivity index (χ2n) is 18.4. The molecule has 0 saturated carbocycles.